The van der Waals surface area contributed by atoms with Crippen LogP contribution < -0.4 is 20.1 Å². The molecule has 0 saturated carbocycles. The number of phosphoric acid groups is 1. The largest absolute Gasteiger partial charge is 0.493 e. The Kier molecular flexibility index (Phi) is 10.0. The number of H-pyrrole nitrogens is 1. The molecule has 5 rings (SSSR count). The number of anilines is 3. The normalized spacial score (nSPS) is 15.7. The first-order chi connectivity index (χ1) is 21.1. The monoisotopic (exact) mass is 629 g/mol. The van der Waals surface area contributed by atoms with E-state index in [1.54, 1.807) is 24.3 Å². The molecule has 2 aromatic carbocycles. The van der Waals surface area contributed by atoms with Crippen LogP contribution in [0.5, 0.6) is 11.5 Å². The summed E-state index contributed by atoms with van der Waals surface area (Å²) in [4.78, 5) is 41.4. The van der Waals surface area contributed by atoms with Gasteiger partial charge in [0, 0.05) is 42.0 Å². The lowest BCUT2D eigenvalue weighted by atomic mass is 10.1. The van der Waals surface area contributed by atoms with E-state index in [0.717, 1.165) is 13.0 Å². The predicted octanol–water partition coefficient (Wildman–Crippen LogP) is 3.77. The third-order valence-electron chi connectivity index (χ3n) is 6.88. The first-order valence-electron chi connectivity index (χ1n) is 13.9. The number of ether oxygens (including phenoxy) is 2. The Labute approximate surface area is 252 Å². The van der Waals surface area contributed by atoms with Crippen molar-refractivity contribution in [2.45, 2.75) is 31.8 Å². The maximum absolute atomic E-state index is 13.4. The van der Waals surface area contributed by atoms with Gasteiger partial charge < -0.3 is 34.8 Å². The first kappa shape index (κ1) is 31.3. The van der Waals surface area contributed by atoms with Gasteiger partial charge >= 0.3 is 7.82 Å². The number of nitrogens with one attached hydrogen (secondary N) is 3. The van der Waals surface area contributed by atoms with Crippen LogP contribution in [0.4, 0.5) is 21.7 Å². The number of nitrogens with zero attached hydrogens (tertiary/aromatic N) is 4. The maximum Gasteiger partial charge on any atom is 0.469 e. The minimum Gasteiger partial charge on any atom is -0.493 e. The van der Waals surface area contributed by atoms with Crippen molar-refractivity contribution in [2.75, 3.05) is 44.0 Å². The molecule has 4 aromatic rings. The van der Waals surface area contributed by atoms with Crippen LogP contribution in [0.2, 0.25) is 0 Å². The molecule has 0 spiro atoms. The van der Waals surface area contributed by atoms with Gasteiger partial charge in [-0.15, -0.1) is 0 Å². The second-order valence-electron chi connectivity index (χ2n) is 10.2. The van der Waals surface area contributed by atoms with Gasteiger partial charge in [-0.2, -0.15) is 5.10 Å². The van der Waals surface area contributed by atoms with E-state index < -0.39 is 19.7 Å². The molecule has 1 atom stereocenters. The minimum atomic E-state index is -4.51. The minimum absolute atomic E-state index is 0.00372. The molecule has 1 aliphatic heterocycles. The number of aromatic amines is 1. The number of phosphoric ester groups is 1. The van der Waals surface area contributed by atoms with Crippen molar-refractivity contribution in [1.82, 2.24) is 25.1 Å². The van der Waals surface area contributed by atoms with Crippen LogP contribution in [0.25, 0.3) is 10.9 Å². The van der Waals surface area contributed by atoms with E-state index >= 15 is 0 Å². The van der Waals surface area contributed by atoms with Gasteiger partial charge in [0.1, 0.15) is 18.0 Å². The summed E-state index contributed by atoms with van der Waals surface area (Å²) in [6, 6.07) is 10.9. The highest BCUT2D eigenvalue weighted by molar-refractivity contribution is 7.46. The molecule has 1 amide bonds. The van der Waals surface area contributed by atoms with E-state index in [9.17, 15) is 13.8 Å². The quantitative estimate of drug-likeness (QED) is 0.107. The summed E-state index contributed by atoms with van der Waals surface area (Å²) >= 11 is 0. The average molecular weight is 630 g/mol. The number of aromatic nitrogens is 4. The second kappa shape index (κ2) is 14.1. The Balaban J connectivity index is 1.18. The molecule has 3 heterocycles. The van der Waals surface area contributed by atoms with E-state index in [1.807, 2.05) is 0 Å². The van der Waals surface area contributed by atoms with E-state index in [4.69, 9.17) is 23.8 Å². The van der Waals surface area contributed by atoms with Crippen molar-refractivity contribution >= 4 is 42.0 Å². The van der Waals surface area contributed by atoms with Gasteiger partial charge in [0.25, 0.3) is 0 Å². The summed E-state index contributed by atoms with van der Waals surface area (Å²) < 4.78 is 41.0. The van der Waals surface area contributed by atoms with E-state index in [2.05, 4.69) is 35.7 Å². The van der Waals surface area contributed by atoms with E-state index in [-0.39, 0.29) is 12.3 Å². The molecule has 234 valence electrons. The third kappa shape index (κ3) is 8.71. The zero-order valence-electron chi connectivity index (χ0n) is 23.9. The number of likely N-dealkylation sites (tertiary alicyclic amines) is 1. The zero-order chi connectivity index (χ0) is 31.1. The van der Waals surface area contributed by atoms with Gasteiger partial charge in [-0.1, -0.05) is 6.07 Å². The van der Waals surface area contributed by atoms with Crippen molar-refractivity contribution in [3.63, 3.8) is 0 Å². The van der Waals surface area contributed by atoms with Crippen molar-refractivity contribution in [3.8, 4) is 11.5 Å². The lowest BCUT2D eigenvalue weighted by molar-refractivity contribution is -0.115. The molecular weight excluding hydrogens is 596 g/mol. The highest BCUT2D eigenvalue weighted by atomic mass is 31.2. The van der Waals surface area contributed by atoms with Gasteiger partial charge in [0.05, 0.1) is 31.8 Å². The number of benzene rings is 2. The SMILES string of the molecule is COc1cc2c(Nc3cc(CC(=O)Nc4cccc(F)c4)[nH]n3)ncnc2cc1OCCCN1CCCC(OP(=O)(O)O)C1. The maximum atomic E-state index is 13.4. The van der Waals surface area contributed by atoms with Gasteiger partial charge in [-0.05, 0) is 50.1 Å². The molecular formula is C28H33FN7O7P. The molecule has 16 heteroatoms. The van der Waals surface area contributed by atoms with E-state index in [1.165, 1.54) is 31.6 Å². The Morgan fingerprint density at radius 3 is 2.86 bits per heavy atom. The van der Waals surface area contributed by atoms with Crippen LogP contribution in [0.15, 0.2) is 48.8 Å². The molecule has 0 radical (unpaired) electrons. The first-order valence-corrected chi connectivity index (χ1v) is 15.5. The summed E-state index contributed by atoms with van der Waals surface area (Å²) in [6.45, 7) is 2.36. The van der Waals surface area contributed by atoms with E-state index in [0.29, 0.717) is 78.0 Å². The van der Waals surface area contributed by atoms with Crippen LogP contribution in [0.3, 0.4) is 0 Å². The standard InChI is InChI=1S/C28H33FN7O7P/c1-41-24-14-22-23(15-25(24)42-10-4-9-36-8-3-7-21(16-36)43-44(38,39)40)30-17-31-28(22)33-26-12-20(34-35-26)13-27(37)32-19-6-2-5-18(29)11-19/h2,5-6,11-12,14-15,17,21H,3-4,7-10,13,16H2,1H3,(H,32,37)(H2,38,39,40)(H2,30,31,33,34,35). The smallest absolute Gasteiger partial charge is 0.469 e. The predicted molar refractivity (Wildman–Crippen MR) is 159 cm³/mol. The Bertz CT molecular complexity index is 1650. The van der Waals surface area contributed by atoms with Crippen LogP contribution in [0.1, 0.15) is 25.0 Å². The molecule has 0 aliphatic carbocycles. The number of rotatable bonds is 13. The fourth-order valence-corrected chi connectivity index (χ4v) is 5.55. The number of carbonyl (C=O) groups is 1. The van der Waals surface area contributed by atoms with Crippen molar-refractivity contribution in [1.29, 1.82) is 0 Å². The zero-order valence-corrected chi connectivity index (χ0v) is 24.8. The number of halogens is 1. The van der Waals surface area contributed by atoms with Crippen molar-refractivity contribution in [3.05, 3.63) is 60.3 Å². The summed E-state index contributed by atoms with van der Waals surface area (Å²) in [7, 11) is -2.98. The molecule has 1 unspecified atom stereocenters. The Morgan fingerprint density at radius 1 is 1.20 bits per heavy atom. The number of methoxy groups -OCH3 is 1. The van der Waals surface area contributed by atoms with Gasteiger partial charge in [-0.25, -0.2) is 18.9 Å². The molecule has 1 saturated heterocycles. The van der Waals surface area contributed by atoms with Gasteiger partial charge in [-0.3, -0.25) is 14.4 Å². The molecule has 44 heavy (non-hydrogen) atoms. The lowest BCUT2D eigenvalue weighted by Gasteiger charge is -2.32. The molecule has 1 aliphatic rings. The lowest BCUT2D eigenvalue weighted by Crippen LogP contribution is -2.40. The number of amides is 1. The highest BCUT2D eigenvalue weighted by Crippen LogP contribution is 2.39. The Morgan fingerprint density at radius 2 is 2.07 bits per heavy atom. The second-order valence-corrected chi connectivity index (χ2v) is 11.4. The van der Waals surface area contributed by atoms with Gasteiger partial charge in [0.2, 0.25) is 5.91 Å². The fourth-order valence-electron chi connectivity index (χ4n) is 4.98. The number of hydrogen-bond acceptors (Lipinski definition) is 10. The average Bonchev–Trinajstić information content (AvgIpc) is 3.40. The summed E-state index contributed by atoms with van der Waals surface area (Å²) in [6.07, 6.45) is 3.01. The summed E-state index contributed by atoms with van der Waals surface area (Å²) in [5.41, 5.74) is 1.52. The third-order valence-corrected chi connectivity index (χ3v) is 7.46. The topological polar surface area (TPSA) is 184 Å². The molecule has 1 fully saturated rings. The summed E-state index contributed by atoms with van der Waals surface area (Å²) in [5, 5.41) is 13.5. The summed E-state index contributed by atoms with van der Waals surface area (Å²) in [5.74, 6) is 1.13. The fraction of sp³-hybridized carbons (Fsp3) is 0.357. The highest BCUT2D eigenvalue weighted by Gasteiger charge is 2.27. The Hall–Kier alpha value is -4.14. The number of piperidine rings is 1. The van der Waals surface area contributed by atoms with Crippen LogP contribution >= 0.6 is 7.82 Å². The number of fused-ring (bicyclic) bond motifs is 1. The number of carbonyl (C=O) groups excluding carboxylic acids is 1. The molecule has 2 aromatic heterocycles. The van der Waals surface area contributed by atoms with Gasteiger partial charge in [0.15, 0.2) is 17.3 Å². The number of hydrogen-bond donors (Lipinski definition) is 5. The van der Waals surface area contributed by atoms with Crippen LogP contribution in [-0.4, -0.2) is 80.2 Å². The molecule has 0 bridgehead atoms. The van der Waals surface area contributed by atoms with Crippen molar-refractivity contribution in [2.24, 2.45) is 0 Å². The molecule has 14 nitrogen and oxygen atoms in total. The van der Waals surface area contributed by atoms with Crippen molar-refractivity contribution < 1.29 is 37.5 Å². The van der Waals surface area contributed by atoms with Crippen LogP contribution in [0, 0.1) is 5.82 Å². The van der Waals surface area contributed by atoms with Crippen LogP contribution in [-0.2, 0) is 20.3 Å². The molecule has 5 N–H and O–H groups in total.